The number of likely N-dealkylation sites (N-methyl/N-ethyl adjacent to an activating group) is 1. The number of halogens is 1. The lowest BCUT2D eigenvalue weighted by Crippen LogP contribution is -2.38. The zero-order valence-corrected chi connectivity index (χ0v) is 15.0. The number of hydrogen-bond acceptors (Lipinski definition) is 4. The molecule has 0 aliphatic carbocycles. The fourth-order valence-corrected chi connectivity index (χ4v) is 2.41. The van der Waals surface area contributed by atoms with Crippen LogP contribution in [-0.4, -0.2) is 31.6 Å². The van der Waals surface area contributed by atoms with E-state index in [4.69, 9.17) is 9.47 Å². The highest BCUT2D eigenvalue weighted by molar-refractivity contribution is 9.10. The molecule has 0 aliphatic rings. The molecule has 126 valence electrons. The van der Waals surface area contributed by atoms with E-state index in [0.717, 1.165) is 10.2 Å². The summed E-state index contributed by atoms with van der Waals surface area (Å²) in [7, 11) is 1.64. The Balaban J connectivity index is 1.85. The lowest BCUT2D eigenvalue weighted by Gasteiger charge is -2.21. The highest BCUT2D eigenvalue weighted by atomic mass is 79.9. The number of ether oxygens (including phenoxy) is 2. The van der Waals surface area contributed by atoms with Gasteiger partial charge in [0.2, 0.25) is 0 Å². The second-order valence-corrected chi connectivity index (χ2v) is 6.03. The molecule has 0 N–H and O–H groups in total. The lowest BCUT2D eigenvalue weighted by molar-refractivity contribution is -0.155. The molecule has 0 saturated heterocycles. The molecule has 0 heterocycles. The zero-order valence-electron chi connectivity index (χ0n) is 13.4. The number of hydrogen-bond donors (Lipinski definition) is 0. The zero-order chi connectivity index (χ0) is 17.5. The molecule has 24 heavy (non-hydrogen) atoms. The molecule has 0 radical (unpaired) electrons. The molecule has 0 aliphatic heterocycles. The van der Waals surface area contributed by atoms with Crippen LogP contribution in [0.15, 0.2) is 59.1 Å². The number of benzene rings is 2. The smallest absolute Gasteiger partial charge is 0.344 e. The van der Waals surface area contributed by atoms with Crippen molar-refractivity contribution in [2.45, 2.75) is 13.0 Å². The van der Waals surface area contributed by atoms with Crippen molar-refractivity contribution in [1.29, 1.82) is 0 Å². The van der Waals surface area contributed by atoms with Gasteiger partial charge in [-0.3, -0.25) is 4.79 Å². The van der Waals surface area contributed by atoms with Crippen LogP contribution in [0.2, 0.25) is 0 Å². The van der Waals surface area contributed by atoms with Crippen molar-refractivity contribution in [1.82, 2.24) is 0 Å². The van der Waals surface area contributed by atoms with Crippen LogP contribution in [0.5, 0.6) is 5.75 Å². The van der Waals surface area contributed by atoms with E-state index >= 15 is 0 Å². The molecule has 1 atom stereocenters. The van der Waals surface area contributed by atoms with Gasteiger partial charge in [0.15, 0.2) is 12.7 Å². The summed E-state index contributed by atoms with van der Waals surface area (Å²) in [5, 5.41) is 0. The number of esters is 1. The molecular formula is C18H18BrNO4. The Kier molecular flexibility index (Phi) is 6.37. The molecule has 0 unspecified atom stereocenters. The number of para-hydroxylation sites is 1. The van der Waals surface area contributed by atoms with E-state index in [-0.39, 0.29) is 12.5 Å². The first-order valence-corrected chi connectivity index (χ1v) is 8.17. The summed E-state index contributed by atoms with van der Waals surface area (Å²) >= 11 is 3.32. The third-order valence-electron chi connectivity index (χ3n) is 3.28. The highest BCUT2D eigenvalue weighted by Gasteiger charge is 2.22. The van der Waals surface area contributed by atoms with Crippen molar-refractivity contribution in [2.24, 2.45) is 0 Å². The maximum Gasteiger partial charge on any atom is 0.344 e. The van der Waals surface area contributed by atoms with Crippen molar-refractivity contribution in [3.63, 3.8) is 0 Å². The molecular weight excluding hydrogens is 374 g/mol. The molecule has 0 aromatic heterocycles. The van der Waals surface area contributed by atoms with E-state index in [0.29, 0.717) is 5.75 Å². The van der Waals surface area contributed by atoms with Gasteiger partial charge >= 0.3 is 5.97 Å². The normalized spacial score (nSPS) is 11.5. The predicted molar refractivity (Wildman–Crippen MR) is 95.0 cm³/mol. The van der Waals surface area contributed by atoms with Crippen molar-refractivity contribution < 1.29 is 19.1 Å². The largest absolute Gasteiger partial charge is 0.482 e. The maximum absolute atomic E-state index is 12.3. The molecule has 0 spiro atoms. The third-order valence-corrected chi connectivity index (χ3v) is 3.78. The minimum absolute atomic E-state index is 0.261. The van der Waals surface area contributed by atoms with Crippen LogP contribution in [0.1, 0.15) is 6.92 Å². The van der Waals surface area contributed by atoms with Gasteiger partial charge in [-0.05, 0) is 37.3 Å². The molecule has 0 saturated carbocycles. The predicted octanol–water partition coefficient (Wildman–Crippen LogP) is 3.42. The Morgan fingerprint density at radius 3 is 2.50 bits per heavy atom. The summed E-state index contributed by atoms with van der Waals surface area (Å²) in [5.41, 5.74) is 0.732. The topological polar surface area (TPSA) is 55.8 Å². The number of carbonyl (C=O) groups excluding carboxylic acids is 2. The number of amides is 1. The van der Waals surface area contributed by atoms with E-state index in [1.807, 2.05) is 36.4 Å². The minimum atomic E-state index is -0.895. The number of anilines is 1. The van der Waals surface area contributed by atoms with Crippen LogP contribution in [0, 0.1) is 0 Å². The van der Waals surface area contributed by atoms with Gasteiger partial charge in [0.05, 0.1) is 0 Å². The van der Waals surface area contributed by atoms with Crippen molar-refractivity contribution in [3.05, 3.63) is 59.1 Å². The summed E-state index contributed by atoms with van der Waals surface area (Å²) in [6.07, 6.45) is -0.895. The van der Waals surface area contributed by atoms with Crippen LogP contribution in [-0.2, 0) is 14.3 Å². The first-order chi connectivity index (χ1) is 11.5. The molecule has 0 fully saturated rings. The van der Waals surface area contributed by atoms with Crippen LogP contribution in [0.4, 0.5) is 5.69 Å². The number of nitrogens with zero attached hydrogens (tertiary/aromatic N) is 1. The summed E-state index contributed by atoms with van der Waals surface area (Å²) in [4.78, 5) is 25.6. The molecule has 2 aromatic rings. The van der Waals surface area contributed by atoms with Gasteiger partial charge in [0, 0.05) is 17.2 Å². The Hall–Kier alpha value is -2.34. The Labute approximate surface area is 149 Å². The minimum Gasteiger partial charge on any atom is -0.482 e. The van der Waals surface area contributed by atoms with Gasteiger partial charge in [0.25, 0.3) is 5.91 Å². The second-order valence-electron chi connectivity index (χ2n) is 5.11. The molecule has 5 nitrogen and oxygen atoms in total. The third kappa shape index (κ3) is 5.09. The van der Waals surface area contributed by atoms with Crippen LogP contribution in [0.3, 0.4) is 0 Å². The Morgan fingerprint density at radius 2 is 1.83 bits per heavy atom. The SMILES string of the molecule is C[C@@H](OC(=O)COc1cccc(Br)c1)C(=O)N(C)c1ccccc1. The van der Waals surface area contributed by atoms with Gasteiger partial charge in [-0.2, -0.15) is 0 Å². The average Bonchev–Trinajstić information content (AvgIpc) is 2.59. The van der Waals surface area contributed by atoms with Crippen molar-refractivity contribution in [3.8, 4) is 5.75 Å². The van der Waals surface area contributed by atoms with Gasteiger partial charge in [-0.1, -0.05) is 40.2 Å². The second kappa shape index (κ2) is 8.49. The monoisotopic (exact) mass is 391 g/mol. The molecule has 0 bridgehead atoms. The van der Waals surface area contributed by atoms with E-state index < -0.39 is 12.1 Å². The maximum atomic E-state index is 12.3. The first kappa shape index (κ1) is 18.0. The van der Waals surface area contributed by atoms with Gasteiger partial charge < -0.3 is 14.4 Å². The van der Waals surface area contributed by atoms with Crippen LogP contribution in [0.25, 0.3) is 0 Å². The average molecular weight is 392 g/mol. The fourth-order valence-electron chi connectivity index (χ4n) is 2.03. The molecule has 1 amide bonds. The molecule has 6 heteroatoms. The first-order valence-electron chi connectivity index (χ1n) is 7.38. The van der Waals surface area contributed by atoms with Gasteiger partial charge in [-0.25, -0.2) is 4.79 Å². The Bertz CT molecular complexity index is 705. The lowest BCUT2D eigenvalue weighted by atomic mass is 10.2. The van der Waals surface area contributed by atoms with Gasteiger partial charge in [0.1, 0.15) is 5.75 Å². The molecule has 2 rings (SSSR count). The standard InChI is InChI=1S/C18H18BrNO4/c1-13(18(22)20(2)15-8-4-3-5-9-15)24-17(21)12-23-16-10-6-7-14(19)11-16/h3-11,13H,12H2,1-2H3/t13-/m1/s1. The highest BCUT2D eigenvalue weighted by Crippen LogP contribution is 2.18. The summed E-state index contributed by atoms with van der Waals surface area (Å²) < 4.78 is 11.3. The summed E-state index contributed by atoms with van der Waals surface area (Å²) in [6, 6.07) is 16.3. The van der Waals surface area contributed by atoms with E-state index in [9.17, 15) is 9.59 Å². The van der Waals surface area contributed by atoms with Gasteiger partial charge in [-0.15, -0.1) is 0 Å². The number of carbonyl (C=O) groups is 2. The van der Waals surface area contributed by atoms with E-state index in [2.05, 4.69) is 15.9 Å². The van der Waals surface area contributed by atoms with E-state index in [1.54, 1.807) is 32.2 Å². The van der Waals surface area contributed by atoms with Crippen molar-refractivity contribution >= 4 is 33.5 Å². The van der Waals surface area contributed by atoms with Crippen LogP contribution >= 0.6 is 15.9 Å². The van der Waals surface area contributed by atoms with Crippen molar-refractivity contribution in [2.75, 3.05) is 18.6 Å². The number of rotatable bonds is 6. The summed E-state index contributed by atoms with van der Waals surface area (Å²) in [5.74, 6) is -0.365. The summed E-state index contributed by atoms with van der Waals surface area (Å²) in [6.45, 7) is 1.28. The fraction of sp³-hybridized carbons (Fsp3) is 0.222. The van der Waals surface area contributed by atoms with E-state index in [1.165, 1.54) is 4.90 Å². The van der Waals surface area contributed by atoms with Crippen LogP contribution < -0.4 is 9.64 Å². The quantitative estimate of drug-likeness (QED) is 0.707. The molecule has 2 aromatic carbocycles. The Morgan fingerprint density at radius 1 is 1.12 bits per heavy atom.